The zero-order valence-electron chi connectivity index (χ0n) is 13.5. The van der Waals surface area contributed by atoms with Crippen LogP contribution in [-0.4, -0.2) is 21.4 Å². The van der Waals surface area contributed by atoms with Crippen LogP contribution < -0.4 is 0 Å². The first-order chi connectivity index (χ1) is 11.3. The van der Waals surface area contributed by atoms with E-state index in [1.807, 2.05) is 17.5 Å². The van der Waals surface area contributed by atoms with Gasteiger partial charge in [0, 0.05) is 41.8 Å². The summed E-state index contributed by atoms with van der Waals surface area (Å²) in [5.74, 6) is 0.995. The van der Waals surface area contributed by atoms with E-state index < -0.39 is 0 Å². The van der Waals surface area contributed by atoms with E-state index in [-0.39, 0.29) is 0 Å². The summed E-state index contributed by atoms with van der Waals surface area (Å²) in [5, 5.41) is 1.36. The summed E-state index contributed by atoms with van der Waals surface area (Å²) in [6.07, 6.45) is 5.19. The van der Waals surface area contributed by atoms with Crippen molar-refractivity contribution in [2.45, 2.75) is 39.3 Å². The van der Waals surface area contributed by atoms with E-state index in [0.29, 0.717) is 0 Å². The Hall–Kier alpha value is -1.78. The van der Waals surface area contributed by atoms with Crippen molar-refractivity contribution in [1.29, 1.82) is 0 Å². The van der Waals surface area contributed by atoms with Gasteiger partial charge in [0.2, 0.25) is 0 Å². The molecule has 0 fully saturated rings. The Bertz CT molecular complexity index is 791. The fourth-order valence-electron chi connectivity index (χ4n) is 3.21. The highest BCUT2D eigenvalue weighted by Crippen LogP contribution is 2.27. The minimum Gasteiger partial charge on any atom is -0.292 e. The second kappa shape index (κ2) is 6.38. The molecule has 0 unspecified atom stereocenters. The number of thiophene rings is 1. The standard InChI is InChI=1S/C19H21N3S/c1-2-5-19-20-11-15-8-9-22(13-17(15)21-19)12-16-10-14-6-3-4-7-18(14)23-16/h3-4,6-7,10-11H,2,5,8-9,12-13H2,1H3. The SMILES string of the molecule is CCCc1ncc2c(n1)CN(Cc1cc3ccccc3s1)CC2. The maximum Gasteiger partial charge on any atom is 0.128 e. The van der Waals surface area contributed by atoms with Crippen molar-refractivity contribution in [2.75, 3.05) is 6.54 Å². The van der Waals surface area contributed by atoms with E-state index in [4.69, 9.17) is 4.98 Å². The number of hydrogen-bond acceptors (Lipinski definition) is 4. The molecule has 23 heavy (non-hydrogen) atoms. The first-order valence-corrected chi connectivity index (χ1v) is 9.17. The molecule has 4 rings (SSSR count). The summed E-state index contributed by atoms with van der Waals surface area (Å²) in [4.78, 5) is 13.2. The fraction of sp³-hybridized carbons (Fsp3) is 0.368. The molecule has 0 atom stereocenters. The van der Waals surface area contributed by atoms with Crippen LogP contribution in [0.4, 0.5) is 0 Å². The molecule has 1 aromatic carbocycles. The molecule has 0 saturated heterocycles. The summed E-state index contributed by atoms with van der Waals surface area (Å²) in [7, 11) is 0. The highest BCUT2D eigenvalue weighted by molar-refractivity contribution is 7.19. The van der Waals surface area contributed by atoms with Gasteiger partial charge in [0.15, 0.2) is 0 Å². The lowest BCUT2D eigenvalue weighted by molar-refractivity contribution is 0.243. The van der Waals surface area contributed by atoms with E-state index in [1.54, 1.807) is 0 Å². The Morgan fingerprint density at radius 1 is 1.26 bits per heavy atom. The predicted octanol–water partition coefficient (Wildman–Crippen LogP) is 4.20. The van der Waals surface area contributed by atoms with Crippen molar-refractivity contribution in [1.82, 2.24) is 14.9 Å². The van der Waals surface area contributed by atoms with Gasteiger partial charge in [0.1, 0.15) is 5.82 Å². The molecule has 4 heteroatoms. The minimum absolute atomic E-state index is 0.947. The highest BCUT2D eigenvalue weighted by atomic mass is 32.1. The second-order valence-corrected chi connectivity index (χ2v) is 7.39. The van der Waals surface area contributed by atoms with Crippen molar-refractivity contribution in [2.24, 2.45) is 0 Å². The first-order valence-electron chi connectivity index (χ1n) is 8.35. The van der Waals surface area contributed by atoms with Crippen molar-refractivity contribution in [3.63, 3.8) is 0 Å². The van der Waals surface area contributed by atoms with E-state index in [1.165, 1.54) is 26.2 Å². The van der Waals surface area contributed by atoms with Gasteiger partial charge in [0.25, 0.3) is 0 Å². The van der Waals surface area contributed by atoms with Crippen molar-refractivity contribution < 1.29 is 0 Å². The quantitative estimate of drug-likeness (QED) is 0.720. The van der Waals surface area contributed by atoms with Gasteiger partial charge in [-0.1, -0.05) is 25.1 Å². The van der Waals surface area contributed by atoms with Crippen LogP contribution in [0.5, 0.6) is 0 Å². The van der Waals surface area contributed by atoms with Gasteiger partial charge < -0.3 is 0 Å². The number of nitrogens with zero attached hydrogens (tertiary/aromatic N) is 3. The van der Waals surface area contributed by atoms with Crippen LogP contribution in [0.1, 0.15) is 35.3 Å². The number of benzene rings is 1. The van der Waals surface area contributed by atoms with Gasteiger partial charge in [-0.2, -0.15) is 0 Å². The van der Waals surface area contributed by atoms with Crippen molar-refractivity contribution >= 4 is 21.4 Å². The van der Waals surface area contributed by atoms with Gasteiger partial charge in [-0.05, 0) is 35.9 Å². The largest absolute Gasteiger partial charge is 0.292 e. The Balaban J connectivity index is 1.51. The summed E-state index contributed by atoms with van der Waals surface area (Å²) in [6, 6.07) is 11.0. The molecule has 2 aromatic heterocycles. The van der Waals surface area contributed by atoms with E-state index in [2.05, 4.69) is 47.1 Å². The molecule has 0 aliphatic carbocycles. The average Bonchev–Trinajstić information content (AvgIpc) is 2.97. The lowest BCUT2D eigenvalue weighted by Gasteiger charge is -2.27. The Kier molecular flexibility index (Phi) is 4.10. The Morgan fingerprint density at radius 2 is 2.17 bits per heavy atom. The van der Waals surface area contributed by atoms with Gasteiger partial charge in [0.05, 0.1) is 5.69 Å². The summed E-state index contributed by atoms with van der Waals surface area (Å²) < 4.78 is 1.38. The van der Waals surface area contributed by atoms with Gasteiger partial charge >= 0.3 is 0 Å². The van der Waals surface area contributed by atoms with Crippen LogP contribution >= 0.6 is 11.3 Å². The number of fused-ring (bicyclic) bond motifs is 2. The van der Waals surface area contributed by atoms with Crippen LogP contribution in [0.25, 0.3) is 10.1 Å². The molecule has 0 spiro atoms. The van der Waals surface area contributed by atoms with Crippen LogP contribution in [0, 0.1) is 0 Å². The third kappa shape index (κ3) is 3.14. The van der Waals surface area contributed by atoms with Crippen LogP contribution in [0.2, 0.25) is 0 Å². The third-order valence-electron chi connectivity index (χ3n) is 4.40. The molecule has 0 amide bonds. The molecule has 3 nitrogen and oxygen atoms in total. The maximum absolute atomic E-state index is 4.79. The smallest absolute Gasteiger partial charge is 0.128 e. The molecule has 118 valence electrons. The molecular formula is C19H21N3S. The number of aromatic nitrogens is 2. The summed E-state index contributed by atoms with van der Waals surface area (Å²) in [6.45, 7) is 5.24. The molecule has 3 heterocycles. The second-order valence-electron chi connectivity index (χ2n) is 6.22. The molecule has 1 aliphatic heterocycles. The lowest BCUT2D eigenvalue weighted by Crippen LogP contribution is -2.31. The monoisotopic (exact) mass is 323 g/mol. The average molecular weight is 323 g/mol. The summed E-state index contributed by atoms with van der Waals surface area (Å²) in [5.41, 5.74) is 2.56. The van der Waals surface area contributed by atoms with Gasteiger partial charge in [-0.25, -0.2) is 9.97 Å². The Morgan fingerprint density at radius 3 is 3.04 bits per heavy atom. The zero-order valence-corrected chi connectivity index (χ0v) is 14.3. The van der Waals surface area contributed by atoms with E-state index in [9.17, 15) is 0 Å². The van der Waals surface area contributed by atoms with Crippen molar-refractivity contribution in [3.8, 4) is 0 Å². The van der Waals surface area contributed by atoms with Crippen molar-refractivity contribution in [3.05, 3.63) is 58.5 Å². The highest BCUT2D eigenvalue weighted by Gasteiger charge is 2.19. The third-order valence-corrected chi connectivity index (χ3v) is 5.51. The molecule has 3 aromatic rings. The molecular weight excluding hydrogens is 302 g/mol. The molecule has 0 saturated carbocycles. The van der Waals surface area contributed by atoms with E-state index >= 15 is 0 Å². The number of aryl methyl sites for hydroxylation is 1. The topological polar surface area (TPSA) is 29.0 Å². The van der Waals surface area contributed by atoms with Gasteiger partial charge in [-0.3, -0.25) is 4.90 Å². The molecule has 1 aliphatic rings. The maximum atomic E-state index is 4.79. The Labute approximate surface area is 141 Å². The zero-order chi connectivity index (χ0) is 15.6. The lowest BCUT2D eigenvalue weighted by atomic mass is 10.1. The first kappa shape index (κ1) is 14.8. The van der Waals surface area contributed by atoms with E-state index in [0.717, 1.165) is 44.7 Å². The van der Waals surface area contributed by atoms with Crippen LogP contribution in [0.15, 0.2) is 36.5 Å². The van der Waals surface area contributed by atoms with Crippen LogP contribution in [-0.2, 0) is 25.9 Å². The van der Waals surface area contributed by atoms with Gasteiger partial charge in [-0.15, -0.1) is 11.3 Å². The van der Waals surface area contributed by atoms with Crippen LogP contribution in [0.3, 0.4) is 0 Å². The minimum atomic E-state index is 0.947. The number of hydrogen-bond donors (Lipinski definition) is 0. The number of rotatable bonds is 4. The fourth-order valence-corrected chi connectivity index (χ4v) is 4.32. The molecule has 0 radical (unpaired) electrons. The summed E-state index contributed by atoms with van der Waals surface area (Å²) >= 11 is 1.91. The normalized spacial score (nSPS) is 15.0. The predicted molar refractivity (Wildman–Crippen MR) is 95.7 cm³/mol. The molecule has 0 N–H and O–H groups in total. The molecule has 0 bridgehead atoms.